The lowest BCUT2D eigenvalue weighted by molar-refractivity contribution is -0.104. The van der Waals surface area contributed by atoms with Gasteiger partial charge in [-0.3, -0.25) is 0 Å². The molecule has 2 nitrogen and oxygen atoms in total. The number of hydrogen-bond acceptors (Lipinski definition) is 2. The molecule has 3 aliphatic carbocycles. The molecule has 1 heterocycles. The highest BCUT2D eigenvalue weighted by atomic mass is 35.5. The van der Waals surface area contributed by atoms with Crippen molar-refractivity contribution in [2.45, 2.75) is 103 Å². The first kappa shape index (κ1) is 20.3. The van der Waals surface area contributed by atoms with Gasteiger partial charge in [0.25, 0.3) is 0 Å². The molecule has 0 aromatic carbocycles. The second-order valence-electron chi connectivity index (χ2n) is 9.44. The summed E-state index contributed by atoms with van der Waals surface area (Å²) in [6.45, 7) is 6.79. The fraction of sp³-hybridized carbons (Fsp3) is 0.680. The zero-order chi connectivity index (χ0) is 19.7. The van der Waals surface area contributed by atoms with E-state index in [1.165, 1.54) is 61.9 Å². The Labute approximate surface area is 176 Å². The molecule has 3 heteroatoms. The normalized spacial score (nSPS) is 35.6. The largest absolute Gasteiger partial charge is 0.372 e. The molecule has 0 bridgehead atoms. The molecule has 0 spiro atoms. The van der Waals surface area contributed by atoms with E-state index >= 15 is 0 Å². The highest BCUT2D eigenvalue weighted by Gasteiger charge is 2.36. The summed E-state index contributed by atoms with van der Waals surface area (Å²) in [6.07, 6.45) is 17.9. The molecule has 3 atom stereocenters. The predicted octanol–water partition coefficient (Wildman–Crippen LogP) is 7.28. The van der Waals surface area contributed by atoms with Crippen LogP contribution < -0.4 is 5.32 Å². The first-order valence-electron chi connectivity index (χ1n) is 11.4. The lowest BCUT2D eigenvalue weighted by Gasteiger charge is -2.41. The number of rotatable bonds is 3. The minimum atomic E-state index is -0.0400. The van der Waals surface area contributed by atoms with Gasteiger partial charge >= 0.3 is 0 Å². The second kappa shape index (κ2) is 8.40. The van der Waals surface area contributed by atoms with E-state index in [0.717, 1.165) is 30.7 Å². The number of ether oxygens (including phenoxy) is 1. The summed E-state index contributed by atoms with van der Waals surface area (Å²) in [4.78, 5) is 0. The van der Waals surface area contributed by atoms with Crippen LogP contribution in [0.5, 0.6) is 0 Å². The molecule has 1 saturated carbocycles. The molecule has 1 N–H and O–H groups in total. The van der Waals surface area contributed by atoms with Crippen LogP contribution in [0.4, 0.5) is 0 Å². The van der Waals surface area contributed by atoms with E-state index in [2.05, 4.69) is 38.2 Å². The van der Waals surface area contributed by atoms with Gasteiger partial charge in [-0.25, -0.2) is 0 Å². The molecule has 1 fully saturated rings. The lowest BCUT2D eigenvalue weighted by atomic mass is 9.73. The quantitative estimate of drug-likeness (QED) is 0.536. The molecule has 0 aromatic rings. The Morgan fingerprint density at radius 1 is 1.18 bits per heavy atom. The van der Waals surface area contributed by atoms with Crippen LogP contribution in [0, 0.1) is 5.92 Å². The second-order valence-corrected chi connectivity index (χ2v) is 9.92. The van der Waals surface area contributed by atoms with Crippen LogP contribution in [0.3, 0.4) is 0 Å². The van der Waals surface area contributed by atoms with Crippen LogP contribution in [0.2, 0.25) is 0 Å². The van der Waals surface area contributed by atoms with Crippen molar-refractivity contribution in [3.05, 3.63) is 45.3 Å². The maximum absolute atomic E-state index is 6.72. The van der Waals surface area contributed by atoms with E-state index in [4.69, 9.17) is 16.3 Å². The van der Waals surface area contributed by atoms with Crippen LogP contribution in [0.25, 0.3) is 0 Å². The third-order valence-electron chi connectivity index (χ3n) is 7.25. The van der Waals surface area contributed by atoms with E-state index < -0.39 is 0 Å². The van der Waals surface area contributed by atoms with Crippen molar-refractivity contribution >= 4 is 11.6 Å². The van der Waals surface area contributed by atoms with Crippen LogP contribution in [0.15, 0.2) is 45.3 Å². The number of allylic oxidation sites excluding steroid dienone is 7. The predicted molar refractivity (Wildman–Crippen MR) is 118 cm³/mol. The molecule has 28 heavy (non-hydrogen) atoms. The Hall–Kier alpha value is -0.990. The van der Waals surface area contributed by atoms with Crippen LogP contribution in [0.1, 0.15) is 91.4 Å². The summed E-state index contributed by atoms with van der Waals surface area (Å²) in [5.74, 6) is 0.611. The molecule has 1 aliphatic heterocycles. The molecule has 0 aromatic heterocycles. The SMILES string of the molecule is CC=C1C2=C(CCCC2)NC(C)=C1C1CCC[C@@H](O[C@@]2(C)CC=C(Cl)CC2)C1. The topological polar surface area (TPSA) is 21.3 Å². The van der Waals surface area contributed by atoms with Crippen molar-refractivity contribution in [1.82, 2.24) is 5.32 Å². The Morgan fingerprint density at radius 2 is 2.00 bits per heavy atom. The Kier molecular flexibility index (Phi) is 6.09. The summed E-state index contributed by atoms with van der Waals surface area (Å²) in [5.41, 5.74) is 7.54. The summed E-state index contributed by atoms with van der Waals surface area (Å²) in [7, 11) is 0. The fourth-order valence-electron chi connectivity index (χ4n) is 5.79. The van der Waals surface area contributed by atoms with Gasteiger partial charge in [-0.15, -0.1) is 0 Å². The van der Waals surface area contributed by atoms with Gasteiger partial charge in [-0.2, -0.15) is 0 Å². The summed E-state index contributed by atoms with van der Waals surface area (Å²) in [5, 5.41) is 4.80. The highest BCUT2D eigenvalue weighted by Crippen LogP contribution is 2.45. The van der Waals surface area contributed by atoms with Crippen LogP contribution >= 0.6 is 11.6 Å². The van der Waals surface area contributed by atoms with Crippen LogP contribution in [-0.4, -0.2) is 11.7 Å². The average Bonchev–Trinajstić information content (AvgIpc) is 2.69. The van der Waals surface area contributed by atoms with E-state index in [9.17, 15) is 0 Å². The average molecular weight is 402 g/mol. The minimum Gasteiger partial charge on any atom is -0.372 e. The van der Waals surface area contributed by atoms with E-state index in [1.807, 2.05) is 0 Å². The van der Waals surface area contributed by atoms with Gasteiger partial charge in [0.1, 0.15) is 0 Å². The maximum Gasteiger partial charge on any atom is 0.0696 e. The Balaban J connectivity index is 1.50. The Bertz CT molecular complexity index is 744. The minimum absolute atomic E-state index is 0.0400. The molecule has 4 aliphatic rings. The molecule has 0 saturated heterocycles. The zero-order valence-electron chi connectivity index (χ0n) is 17.9. The van der Waals surface area contributed by atoms with Crippen molar-refractivity contribution < 1.29 is 4.74 Å². The molecule has 0 amide bonds. The van der Waals surface area contributed by atoms with Gasteiger partial charge in [-0.05, 0) is 108 Å². The van der Waals surface area contributed by atoms with Gasteiger partial charge in [0.05, 0.1) is 11.7 Å². The fourth-order valence-corrected chi connectivity index (χ4v) is 5.96. The smallest absolute Gasteiger partial charge is 0.0696 e. The third kappa shape index (κ3) is 4.14. The van der Waals surface area contributed by atoms with Crippen molar-refractivity contribution in [3.8, 4) is 0 Å². The molecular weight excluding hydrogens is 366 g/mol. The first-order chi connectivity index (χ1) is 13.5. The highest BCUT2D eigenvalue weighted by molar-refractivity contribution is 6.29. The van der Waals surface area contributed by atoms with Crippen molar-refractivity contribution in [2.75, 3.05) is 0 Å². The number of hydrogen-bond donors (Lipinski definition) is 1. The maximum atomic E-state index is 6.72. The molecule has 154 valence electrons. The summed E-state index contributed by atoms with van der Waals surface area (Å²) >= 11 is 6.20. The number of nitrogens with one attached hydrogen (secondary N) is 1. The third-order valence-corrected chi connectivity index (χ3v) is 7.59. The monoisotopic (exact) mass is 401 g/mol. The van der Waals surface area contributed by atoms with E-state index in [0.29, 0.717) is 12.0 Å². The molecule has 4 rings (SSSR count). The number of dihydropyridines is 1. The number of halogens is 1. The van der Waals surface area contributed by atoms with Gasteiger partial charge in [0.2, 0.25) is 0 Å². The van der Waals surface area contributed by atoms with Gasteiger partial charge in [-0.1, -0.05) is 30.2 Å². The lowest BCUT2D eigenvalue weighted by Crippen LogP contribution is -2.38. The molecule has 0 radical (unpaired) electrons. The zero-order valence-corrected chi connectivity index (χ0v) is 18.6. The summed E-state index contributed by atoms with van der Waals surface area (Å²) < 4.78 is 6.72. The Morgan fingerprint density at radius 3 is 2.75 bits per heavy atom. The van der Waals surface area contributed by atoms with Crippen molar-refractivity contribution in [1.29, 1.82) is 0 Å². The van der Waals surface area contributed by atoms with Gasteiger partial charge in [0.15, 0.2) is 0 Å². The first-order valence-corrected chi connectivity index (χ1v) is 11.8. The van der Waals surface area contributed by atoms with Crippen LogP contribution in [-0.2, 0) is 4.74 Å². The van der Waals surface area contributed by atoms with Crippen molar-refractivity contribution in [3.63, 3.8) is 0 Å². The van der Waals surface area contributed by atoms with Gasteiger partial charge in [0, 0.05) is 16.4 Å². The standard InChI is InChI=1S/C25H36ClNO/c1-4-21-22-10-5-6-11-23(22)27-17(2)24(21)18-8-7-9-20(16-18)28-25(3)14-12-19(26)13-15-25/h4,12,18,20,27H,5-11,13-16H2,1-3H3/t18?,20-,25+/m1/s1. The molecular formula is C25H36ClNO. The van der Waals surface area contributed by atoms with E-state index in [1.54, 1.807) is 11.1 Å². The van der Waals surface area contributed by atoms with Crippen molar-refractivity contribution in [2.24, 2.45) is 5.92 Å². The van der Waals surface area contributed by atoms with Gasteiger partial charge < -0.3 is 10.1 Å². The summed E-state index contributed by atoms with van der Waals surface area (Å²) in [6, 6.07) is 0. The molecule has 1 unspecified atom stereocenters. The van der Waals surface area contributed by atoms with E-state index in [-0.39, 0.29) is 5.60 Å².